The Morgan fingerprint density at radius 2 is 1.84 bits per heavy atom. The minimum atomic E-state index is -0.318. The number of hydrogen-bond acceptors (Lipinski definition) is 3. The lowest BCUT2D eigenvalue weighted by atomic mass is 10.0. The van der Waals surface area contributed by atoms with E-state index >= 15 is 0 Å². The monoisotopic (exact) mass is 451 g/mol. The van der Waals surface area contributed by atoms with Crippen LogP contribution in [0.3, 0.4) is 0 Å². The lowest BCUT2D eigenvalue weighted by Crippen LogP contribution is -2.35. The van der Waals surface area contributed by atoms with Crippen LogP contribution in [0.1, 0.15) is 21.6 Å². The second-order valence-corrected chi connectivity index (χ2v) is 8.93. The number of benzene rings is 2. The number of carbonyl (C=O) groups is 1. The molecule has 0 saturated carbocycles. The van der Waals surface area contributed by atoms with Gasteiger partial charge in [0.05, 0.1) is 23.8 Å². The van der Waals surface area contributed by atoms with Crippen molar-refractivity contribution in [3.63, 3.8) is 0 Å². The van der Waals surface area contributed by atoms with E-state index < -0.39 is 0 Å². The van der Waals surface area contributed by atoms with Crippen LogP contribution in [-0.4, -0.2) is 15.9 Å². The summed E-state index contributed by atoms with van der Waals surface area (Å²) in [5.74, 6) is 0. The predicted octanol–water partition coefficient (Wildman–Crippen LogP) is 6.09. The average Bonchev–Trinajstić information content (AvgIpc) is 3.24. The average molecular weight is 452 g/mol. The number of H-pyrrole nitrogens is 1. The van der Waals surface area contributed by atoms with Crippen LogP contribution in [-0.2, 0) is 13.1 Å². The maximum Gasteiger partial charge on any atom is 0.322 e. The van der Waals surface area contributed by atoms with E-state index in [4.69, 9.17) is 11.6 Å². The molecule has 4 rings (SSSR count). The number of halogens is 1. The number of thiophene rings is 1. The van der Waals surface area contributed by atoms with E-state index in [2.05, 4.69) is 16.4 Å². The molecule has 2 N–H and O–H groups in total. The third-order valence-electron chi connectivity index (χ3n) is 5.23. The van der Waals surface area contributed by atoms with Gasteiger partial charge in [-0.05, 0) is 72.1 Å². The second kappa shape index (κ2) is 8.96. The number of fused-ring (bicyclic) bond motifs is 1. The van der Waals surface area contributed by atoms with Crippen LogP contribution in [0.5, 0.6) is 0 Å². The molecule has 2 aromatic heterocycles. The SMILES string of the molecule is Cc1cc2cc(CN(Cc3cccs3)C(=O)Nc3ccccc3Cl)c(=O)[nH]c2cc1C. The first-order valence-electron chi connectivity index (χ1n) is 9.86. The van der Waals surface area contributed by atoms with Gasteiger partial charge in [-0.1, -0.05) is 29.8 Å². The maximum atomic E-state index is 13.1. The number of aromatic nitrogens is 1. The smallest absolute Gasteiger partial charge is 0.322 e. The minimum absolute atomic E-state index is 0.173. The number of anilines is 1. The van der Waals surface area contributed by atoms with Gasteiger partial charge in [0.1, 0.15) is 0 Å². The van der Waals surface area contributed by atoms with Crippen LogP contribution in [0.25, 0.3) is 10.9 Å². The zero-order valence-electron chi connectivity index (χ0n) is 17.2. The highest BCUT2D eigenvalue weighted by molar-refractivity contribution is 7.09. The van der Waals surface area contributed by atoms with Gasteiger partial charge in [-0.2, -0.15) is 0 Å². The molecule has 0 aliphatic heterocycles. The second-order valence-electron chi connectivity index (χ2n) is 7.49. The Morgan fingerprint density at radius 1 is 1.06 bits per heavy atom. The molecule has 0 fully saturated rings. The quantitative estimate of drug-likeness (QED) is 0.385. The van der Waals surface area contributed by atoms with Crippen LogP contribution in [0.15, 0.2) is 64.8 Å². The lowest BCUT2D eigenvalue weighted by molar-refractivity contribution is 0.207. The Hall–Kier alpha value is -3.09. The number of urea groups is 1. The molecule has 0 unspecified atom stereocenters. The molecule has 0 spiro atoms. The first kappa shape index (κ1) is 21.2. The highest BCUT2D eigenvalue weighted by Crippen LogP contribution is 2.23. The van der Waals surface area contributed by atoms with Crippen molar-refractivity contribution in [2.45, 2.75) is 26.9 Å². The molecule has 0 atom stereocenters. The molecule has 2 aromatic carbocycles. The number of nitrogens with zero attached hydrogens (tertiary/aromatic N) is 1. The normalized spacial score (nSPS) is 10.9. The summed E-state index contributed by atoms with van der Waals surface area (Å²) in [4.78, 5) is 31.5. The third kappa shape index (κ3) is 4.81. The Morgan fingerprint density at radius 3 is 2.58 bits per heavy atom. The van der Waals surface area contributed by atoms with Crippen LogP contribution in [0, 0.1) is 13.8 Å². The third-order valence-corrected chi connectivity index (χ3v) is 6.42. The lowest BCUT2D eigenvalue weighted by Gasteiger charge is -2.23. The molecular weight excluding hydrogens is 430 g/mol. The Bertz CT molecular complexity index is 1300. The summed E-state index contributed by atoms with van der Waals surface area (Å²) in [7, 11) is 0. The number of pyridine rings is 1. The van der Waals surface area contributed by atoms with Gasteiger partial charge < -0.3 is 15.2 Å². The van der Waals surface area contributed by atoms with E-state index in [0.717, 1.165) is 26.9 Å². The van der Waals surface area contributed by atoms with Gasteiger partial charge in [0.15, 0.2) is 0 Å². The summed E-state index contributed by atoms with van der Waals surface area (Å²) in [6.07, 6.45) is 0. The van der Waals surface area contributed by atoms with Crippen molar-refractivity contribution in [2.24, 2.45) is 0 Å². The topological polar surface area (TPSA) is 65.2 Å². The molecule has 31 heavy (non-hydrogen) atoms. The number of carbonyl (C=O) groups excluding carboxylic acids is 1. The number of para-hydroxylation sites is 1. The highest BCUT2D eigenvalue weighted by Gasteiger charge is 2.18. The van der Waals surface area contributed by atoms with Crippen LogP contribution < -0.4 is 10.9 Å². The zero-order chi connectivity index (χ0) is 22.0. The standard InChI is InChI=1S/C24H22ClN3O2S/c1-15-10-17-12-18(23(29)26-22(17)11-16(15)2)13-28(14-19-6-5-9-31-19)24(30)27-21-8-4-3-7-20(21)25/h3-12H,13-14H2,1-2H3,(H,26,29)(H,27,30). The molecule has 0 radical (unpaired) electrons. The van der Waals surface area contributed by atoms with E-state index in [9.17, 15) is 9.59 Å². The van der Waals surface area contributed by atoms with Gasteiger partial charge >= 0.3 is 6.03 Å². The van der Waals surface area contributed by atoms with Crippen molar-refractivity contribution < 1.29 is 4.79 Å². The van der Waals surface area contributed by atoms with Crippen molar-refractivity contribution in [3.8, 4) is 0 Å². The molecule has 158 valence electrons. The van der Waals surface area contributed by atoms with Gasteiger partial charge in [0.2, 0.25) is 0 Å². The number of amides is 2. The van der Waals surface area contributed by atoms with Gasteiger partial charge in [-0.25, -0.2) is 4.79 Å². The highest BCUT2D eigenvalue weighted by atomic mass is 35.5. The van der Waals surface area contributed by atoms with Gasteiger partial charge in [0, 0.05) is 16.0 Å². The largest absolute Gasteiger partial charge is 0.322 e. The molecule has 4 aromatic rings. The number of rotatable bonds is 5. The first-order chi connectivity index (χ1) is 14.9. The van der Waals surface area contributed by atoms with Crippen molar-refractivity contribution in [1.29, 1.82) is 0 Å². The zero-order valence-corrected chi connectivity index (χ0v) is 18.8. The fourth-order valence-electron chi connectivity index (χ4n) is 3.39. The fourth-order valence-corrected chi connectivity index (χ4v) is 4.29. The Balaban J connectivity index is 1.66. The van der Waals surface area contributed by atoms with Crippen LogP contribution in [0.2, 0.25) is 5.02 Å². The van der Waals surface area contributed by atoms with Crippen molar-refractivity contribution in [3.05, 3.63) is 96.9 Å². The summed E-state index contributed by atoms with van der Waals surface area (Å²) in [6.45, 7) is 4.62. The molecule has 0 aliphatic carbocycles. The number of hydrogen-bond donors (Lipinski definition) is 2. The molecule has 0 saturated heterocycles. The molecular formula is C24H22ClN3O2S. The molecule has 2 heterocycles. The molecule has 5 nitrogen and oxygen atoms in total. The van der Waals surface area contributed by atoms with Gasteiger partial charge in [0.25, 0.3) is 5.56 Å². The first-order valence-corrected chi connectivity index (χ1v) is 11.1. The summed E-state index contributed by atoms with van der Waals surface area (Å²) in [5, 5.41) is 6.23. The van der Waals surface area contributed by atoms with Crippen molar-refractivity contribution in [1.82, 2.24) is 9.88 Å². The molecule has 0 bridgehead atoms. The number of nitrogens with one attached hydrogen (secondary N) is 2. The summed E-state index contributed by atoms with van der Waals surface area (Å²) in [5.41, 5.74) is 3.93. The Kier molecular flexibility index (Phi) is 6.11. The Labute approximate surface area is 189 Å². The van der Waals surface area contributed by atoms with Crippen LogP contribution >= 0.6 is 22.9 Å². The molecule has 7 heteroatoms. The van der Waals surface area contributed by atoms with E-state index in [1.807, 2.05) is 49.6 Å². The summed E-state index contributed by atoms with van der Waals surface area (Å²) < 4.78 is 0. The van der Waals surface area contributed by atoms with E-state index in [0.29, 0.717) is 22.8 Å². The van der Waals surface area contributed by atoms with E-state index in [1.54, 1.807) is 34.4 Å². The van der Waals surface area contributed by atoms with E-state index in [1.165, 1.54) is 0 Å². The van der Waals surface area contributed by atoms with Crippen molar-refractivity contribution in [2.75, 3.05) is 5.32 Å². The van der Waals surface area contributed by atoms with Crippen molar-refractivity contribution >= 4 is 45.6 Å². The summed E-state index contributed by atoms with van der Waals surface area (Å²) >= 11 is 7.77. The minimum Gasteiger partial charge on any atom is -0.322 e. The van der Waals surface area contributed by atoms with Crippen LogP contribution in [0.4, 0.5) is 10.5 Å². The van der Waals surface area contributed by atoms with Gasteiger partial charge in [-0.3, -0.25) is 4.79 Å². The van der Waals surface area contributed by atoms with Gasteiger partial charge in [-0.15, -0.1) is 11.3 Å². The van der Waals surface area contributed by atoms with E-state index in [-0.39, 0.29) is 18.1 Å². The molecule has 0 aliphatic rings. The predicted molar refractivity (Wildman–Crippen MR) is 128 cm³/mol. The molecule has 2 amide bonds. The maximum absolute atomic E-state index is 13.1. The fraction of sp³-hybridized carbons (Fsp3) is 0.167. The number of aromatic amines is 1. The number of aryl methyl sites for hydroxylation is 2. The summed E-state index contributed by atoms with van der Waals surface area (Å²) in [6, 6.07) is 16.6.